The molecule has 0 bridgehead atoms. The van der Waals surface area contributed by atoms with Crippen LogP contribution in [0, 0.1) is 0 Å². The fourth-order valence-electron chi connectivity index (χ4n) is 2.79. The molecule has 0 unspecified atom stereocenters. The van der Waals surface area contributed by atoms with Gasteiger partial charge in [0, 0.05) is 0 Å². The molecule has 124 valence electrons. The Morgan fingerprint density at radius 2 is 1.91 bits per heavy atom. The number of hydrogen-bond donors (Lipinski definition) is 2. The molecule has 2 N–H and O–H groups in total. The Hall–Kier alpha value is -1.10. The lowest BCUT2D eigenvalue weighted by Crippen LogP contribution is -2.38. The van der Waals surface area contributed by atoms with Gasteiger partial charge in [0.15, 0.2) is 0 Å². The minimum atomic E-state index is -0.563. The quantitative estimate of drug-likeness (QED) is 0.724. The average Bonchev–Trinajstić information content (AvgIpc) is 2.56. The fourth-order valence-corrected chi connectivity index (χ4v) is 2.79. The normalized spacial score (nSPS) is 25.1. The SMILES string of the molecule is CCCCCCOc1ccc([C@@H]2CC[C@H](O)[C@@H](CO)O2)cc1. The van der Waals surface area contributed by atoms with Gasteiger partial charge in [-0.25, -0.2) is 0 Å². The summed E-state index contributed by atoms with van der Waals surface area (Å²) in [6.45, 7) is 2.82. The van der Waals surface area contributed by atoms with Crippen molar-refractivity contribution in [1.29, 1.82) is 0 Å². The second kappa shape index (κ2) is 9.13. The first-order valence-corrected chi connectivity index (χ1v) is 8.41. The van der Waals surface area contributed by atoms with Gasteiger partial charge in [-0.15, -0.1) is 0 Å². The number of unbranched alkanes of at least 4 members (excludes halogenated alkanes) is 3. The van der Waals surface area contributed by atoms with Gasteiger partial charge >= 0.3 is 0 Å². The van der Waals surface area contributed by atoms with Crippen LogP contribution in [0.25, 0.3) is 0 Å². The van der Waals surface area contributed by atoms with Gasteiger partial charge in [0.1, 0.15) is 11.9 Å². The van der Waals surface area contributed by atoms with Crippen LogP contribution in [0.15, 0.2) is 24.3 Å². The van der Waals surface area contributed by atoms with Crippen LogP contribution in [-0.4, -0.2) is 35.6 Å². The Morgan fingerprint density at radius 1 is 1.14 bits per heavy atom. The Bertz CT molecular complexity index is 418. The largest absolute Gasteiger partial charge is 0.494 e. The van der Waals surface area contributed by atoms with E-state index in [-0.39, 0.29) is 12.7 Å². The lowest BCUT2D eigenvalue weighted by atomic mass is 9.96. The zero-order valence-electron chi connectivity index (χ0n) is 13.4. The molecular weight excluding hydrogens is 280 g/mol. The van der Waals surface area contributed by atoms with Crippen LogP contribution in [0.5, 0.6) is 5.75 Å². The van der Waals surface area contributed by atoms with Crippen molar-refractivity contribution in [3.05, 3.63) is 29.8 Å². The molecular formula is C18H28O4. The van der Waals surface area contributed by atoms with Crippen LogP contribution in [0.3, 0.4) is 0 Å². The topological polar surface area (TPSA) is 58.9 Å². The lowest BCUT2D eigenvalue weighted by molar-refractivity contribution is -0.135. The van der Waals surface area contributed by atoms with Crippen molar-refractivity contribution >= 4 is 0 Å². The molecule has 1 aliphatic heterocycles. The predicted molar refractivity (Wildman–Crippen MR) is 86.0 cm³/mol. The van der Waals surface area contributed by atoms with E-state index in [2.05, 4.69) is 6.92 Å². The highest BCUT2D eigenvalue weighted by molar-refractivity contribution is 5.28. The van der Waals surface area contributed by atoms with Crippen LogP contribution in [0.4, 0.5) is 0 Å². The molecule has 0 aliphatic carbocycles. The summed E-state index contributed by atoms with van der Waals surface area (Å²) in [5.41, 5.74) is 1.07. The van der Waals surface area contributed by atoms with Crippen LogP contribution in [0.2, 0.25) is 0 Å². The van der Waals surface area contributed by atoms with Crippen LogP contribution < -0.4 is 4.74 Å². The molecule has 0 aromatic heterocycles. The smallest absolute Gasteiger partial charge is 0.119 e. The molecule has 22 heavy (non-hydrogen) atoms. The molecule has 3 atom stereocenters. The van der Waals surface area contributed by atoms with Crippen molar-refractivity contribution in [2.45, 2.75) is 63.8 Å². The third-order valence-corrected chi connectivity index (χ3v) is 4.19. The molecule has 0 spiro atoms. The van der Waals surface area contributed by atoms with E-state index in [9.17, 15) is 10.2 Å². The van der Waals surface area contributed by atoms with E-state index >= 15 is 0 Å². The summed E-state index contributed by atoms with van der Waals surface area (Å²) in [6.07, 6.45) is 5.14. The van der Waals surface area contributed by atoms with E-state index in [1.165, 1.54) is 19.3 Å². The number of hydrogen-bond acceptors (Lipinski definition) is 4. The van der Waals surface area contributed by atoms with E-state index in [0.717, 1.165) is 30.8 Å². The number of rotatable bonds is 8. The van der Waals surface area contributed by atoms with Gasteiger partial charge in [-0.05, 0) is 37.0 Å². The summed E-state index contributed by atoms with van der Waals surface area (Å²) >= 11 is 0. The first-order chi connectivity index (χ1) is 10.7. The van der Waals surface area contributed by atoms with E-state index in [1.807, 2.05) is 24.3 Å². The van der Waals surface area contributed by atoms with Crippen LogP contribution >= 0.6 is 0 Å². The Balaban J connectivity index is 1.81. The predicted octanol–water partition coefficient (Wildman–Crippen LogP) is 3.22. The molecule has 0 saturated carbocycles. The maximum absolute atomic E-state index is 9.73. The highest BCUT2D eigenvalue weighted by Crippen LogP contribution is 2.32. The Kier molecular flexibility index (Phi) is 7.16. The van der Waals surface area contributed by atoms with Gasteiger partial charge in [0.2, 0.25) is 0 Å². The molecule has 1 fully saturated rings. The van der Waals surface area contributed by atoms with Crippen LogP contribution in [0.1, 0.15) is 57.1 Å². The summed E-state index contributed by atoms with van der Waals surface area (Å²) in [5, 5.41) is 19.0. The summed E-state index contributed by atoms with van der Waals surface area (Å²) in [5.74, 6) is 0.884. The Labute approximate surface area is 133 Å². The number of benzene rings is 1. The van der Waals surface area contributed by atoms with Crippen molar-refractivity contribution < 1.29 is 19.7 Å². The van der Waals surface area contributed by atoms with Crippen molar-refractivity contribution in [2.24, 2.45) is 0 Å². The highest BCUT2D eigenvalue weighted by Gasteiger charge is 2.30. The number of aliphatic hydroxyl groups is 2. The van der Waals surface area contributed by atoms with Crippen LogP contribution in [-0.2, 0) is 4.74 Å². The summed E-state index contributed by atoms with van der Waals surface area (Å²) < 4.78 is 11.5. The lowest BCUT2D eigenvalue weighted by Gasteiger charge is -2.33. The Morgan fingerprint density at radius 3 is 2.59 bits per heavy atom. The third kappa shape index (κ3) is 4.97. The second-order valence-corrected chi connectivity index (χ2v) is 5.97. The maximum Gasteiger partial charge on any atom is 0.119 e. The molecule has 4 heteroatoms. The third-order valence-electron chi connectivity index (χ3n) is 4.19. The van der Waals surface area contributed by atoms with Gasteiger partial charge in [-0.2, -0.15) is 0 Å². The molecule has 1 aromatic rings. The van der Waals surface area contributed by atoms with Crippen molar-refractivity contribution in [3.8, 4) is 5.75 Å². The standard InChI is InChI=1S/C18H28O4/c1-2-3-4-5-12-21-15-8-6-14(7-9-15)17-11-10-16(20)18(13-19)22-17/h6-9,16-20H,2-5,10-13H2,1H3/t16-,17-,18+/m0/s1. The van der Waals surface area contributed by atoms with Gasteiger partial charge in [-0.1, -0.05) is 38.3 Å². The fraction of sp³-hybridized carbons (Fsp3) is 0.667. The zero-order valence-corrected chi connectivity index (χ0v) is 13.4. The summed E-state index contributed by atoms with van der Waals surface area (Å²) in [4.78, 5) is 0. The van der Waals surface area contributed by atoms with Crippen molar-refractivity contribution in [3.63, 3.8) is 0 Å². The first kappa shape index (κ1) is 17.3. The summed E-state index contributed by atoms with van der Waals surface area (Å²) in [6, 6.07) is 7.96. The average molecular weight is 308 g/mol. The van der Waals surface area contributed by atoms with E-state index in [4.69, 9.17) is 9.47 Å². The van der Waals surface area contributed by atoms with Gasteiger partial charge in [0.05, 0.1) is 25.4 Å². The van der Waals surface area contributed by atoms with Crippen molar-refractivity contribution in [1.82, 2.24) is 0 Å². The molecule has 0 radical (unpaired) electrons. The van der Waals surface area contributed by atoms with E-state index < -0.39 is 12.2 Å². The van der Waals surface area contributed by atoms with Gasteiger partial charge in [0.25, 0.3) is 0 Å². The highest BCUT2D eigenvalue weighted by atomic mass is 16.5. The molecule has 2 rings (SSSR count). The van der Waals surface area contributed by atoms with Gasteiger partial charge in [-0.3, -0.25) is 0 Å². The van der Waals surface area contributed by atoms with Gasteiger partial charge < -0.3 is 19.7 Å². The second-order valence-electron chi connectivity index (χ2n) is 5.97. The number of aliphatic hydroxyl groups excluding tert-OH is 2. The molecule has 4 nitrogen and oxygen atoms in total. The minimum absolute atomic E-state index is 0.0563. The monoisotopic (exact) mass is 308 g/mol. The molecule has 1 saturated heterocycles. The molecule has 1 aliphatic rings. The molecule has 1 aromatic carbocycles. The maximum atomic E-state index is 9.73. The minimum Gasteiger partial charge on any atom is -0.494 e. The van der Waals surface area contributed by atoms with E-state index in [0.29, 0.717) is 6.42 Å². The van der Waals surface area contributed by atoms with Crippen molar-refractivity contribution in [2.75, 3.05) is 13.2 Å². The first-order valence-electron chi connectivity index (χ1n) is 8.41. The molecule has 0 amide bonds. The zero-order chi connectivity index (χ0) is 15.8. The summed E-state index contributed by atoms with van der Waals surface area (Å²) in [7, 11) is 0. The number of ether oxygens (including phenoxy) is 2. The molecule has 1 heterocycles. The van der Waals surface area contributed by atoms with E-state index in [1.54, 1.807) is 0 Å².